The summed E-state index contributed by atoms with van der Waals surface area (Å²) >= 11 is 0. The molecule has 0 bridgehead atoms. The topological polar surface area (TPSA) is 106 Å². The molecular formula is C28H32FN7O3. The number of ether oxygens (including phenoxy) is 1. The van der Waals surface area contributed by atoms with E-state index in [4.69, 9.17) is 4.74 Å². The van der Waals surface area contributed by atoms with Crippen LogP contribution in [0.3, 0.4) is 0 Å². The van der Waals surface area contributed by atoms with Crippen LogP contribution in [0.1, 0.15) is 43.5 Å². The molecule has 11 heteroatoms. The molecule has 1 saturated heterocycles. The first-order valence-corrected chi connectivity index (χ1v) is 13.1. The zero-order valence-corrected chi connectivity index (χ0v) is 22.2. The molecule has 2 N–H and O–H groups in total. The van der Waals surface area contributed by atoms with Gasteiger partial charge >= 0.3 is 6.09 Å². The molecule has 1 aromatic carbocycles. The molecule has 0 saturated carbocycles. The highest BCUT2D eigenvalue weighted by molar-refractivity contribution is 5.96. The summed E-state index contributed by atoms with van der Waals surface area (Å²) in [6.07, 6.45) is 9.40. The lowest BCUT2D eigenvalue weighted by molar-refractivity contribution is 0.0889. The summed E-state index contributed by atoms with van der Waals surface area (Å²) in [7, 11) is 1.84. The normalized spacial score (nSPS) is 17.7. The fourth-order valence-electron chi connectivity index (χ4n) is 5.09. The lowest BCUT2D eigenvalue weighted by Gasteiger charge is -2.39. The Morgan fingerprint density at radius 3 is 2.64 bits per heavy atom. The summed E-state index contributed by atoms with van der Waals surface area (Å²) in [5, 5.41) is 9.46. The predicted octanol–water partition coefficient (Wildman–Crippen LogP) is 4.48. The molecule has 2 atom stereocenters. The van der Waals surface area contributed by atoms with Gasteiger partial charge in [-0.05, 0) is 62.6 Å². The van der Waals surface area contributed by atoms with Crippen molar-refractivity contribution in [3.05, 3.63) is 66.5 Å². The summed E-state index contributed by atoms with van der Waals surface area (Å²) < 4.78 is 23.2. The van der Waals surface area contributed by atoms with E-state index in [9.17, 15) is 14.0 Å². The number of likely N-dealkylation sites (tertiary alicyclic amines) is 1. The molecule has 0 aliphatic carbocycles. The third-order valence-electron chi connectivity index (χ3n) is 7.21. The van der Waals surface area contributed by atoms with Gasteiger partial charge in [0.25, 0.3) is 5.91 Å². The lowest BCUT2D eigenvalue weighted by atomic mass is 9.98. The monoisotopic (exact) mass is 533 g/mol. The summed E-state index contributed by atoms with van der Waals surface area (Å²) in [6.45, 7) is 5.64. The third kappa shape index (κ3) is 5.93. The minimum Gasteiger partial charge on any atom is -0.391 e. The van der Waals surface area contributed by atoms with Crippen molar-refractivity contribution in [2.75, 3.05) is 18.4 Å². The van der Waals surface area contributed by atoms with E-state index in [0.29, 0.717) is 24.3 Å². The minimum atomic E-state index is -0.905. The SMILES string of the molecule is C[C@@H]1CCC[C@H](C)N1CCNC(=O)c1ccc(F)c(NC(=O)Oc2cnc3cc(-c4cnn(C)c4)ccn23)c1. The minimum absolute atomic E-state index is 0.154. The van der Waals surface area contributed by atoms with Crippen LogP contribution < -0.4 is 15.4 Å². The molecule has 1 aliphatic rings. The van der Waals surface area contributed by atoms with Crippen molar-refractivity contribution in [1.82, 2.24) is 29.4 Å². The number of carbonyl (C=O) groups is 2. The largest absolute Gasteiger partial charge is 0.418 e. The number of amides is 2. The first-order chi connectivity index (χ1) is 18.8. The molecule has 1 aliphatic heterocycles. The van der Waals surface area contributed by atoms with Gasteiger partial charge in [0.2, 0.25) is 5.88 Å². The van der Waals surface area contributed by atoms with Gasteiger partial charge in [0.15, 0.2) is 0 Å². The highest BCUT2D eigenvalue weighted by Gasteiger charge is 2.24. The number of aryl methyl sites for hydroxylation is 1. The molecule has 4 aromatic rings. The molecule has 0 radical (unpaired) electrons. The van der Waals surface area contributed by atoms with Crippen molar-refractivity contribution in [2.24, 2.45) is 7.05 Å². The average Bonchev–Trinajstić information content (AvgIpc) is 3.52. The fourth-order valence-corrected chi connectivity index (χ4v) is 5.09. The Hall–Kier alpha value is -4.25. The Morgan fingerprint density at radius 2 is 1.90 bits per heavy atom. The Kier molecular flexibility index (Phi) is 7.60. The van der Waals surface area contributed by atoms with Crippen LogP contribution in [0.15, 0.2) is 55.1 Å². The van der Waals surface area contributed by atoms with Crippen molar-refractivity contribution in [1.29, 1.82) is 0 Å². The Labute approximate surface area is 225 Å². The van der Waals surface area contributed by atoms with E-state index in [1.807, 2.05) is 25.4 Å². The number of piperidine rings is 1. The number of hydrogen-bond donors (Lipinski definition) is 2. The molecular weight excluding hydrogens is 501 g/mol. The molecule has 39 heavy (non-hydrogen) atoms. The van der Waals surface area contributed by atoms with Crippen LogP contribution >= 0.6 is 0 Å². The number of carbonyl (C=O) groups excluding carboxylic acids is 2. The second kappa shape index (κ2) is 11.2. The Morgan fingerprint density at radius 1 is 1.10 bits per heavy atom. The number of anilines is 1. The van der Waals surface area contributed by atoms with E-state index in [2.05, 4.69) is 39.5 Å². The van der Waals surface area contributed by atoms with Crippen LogP contribution in [0.4, 0.5) is 14.9 Å². The number of halogens is 1. The van der Waals surface area contributed by atoms with Gasteiger partial charge in [0.05, 0.1) is 18.1 Å². The Bertz CT molecular complexity index is 1490. The molecule has 0 unspecified atom stereocenters. The number of imidazole rings is 1. The molecule has 204 valence electrons. The zero-order chi connectivity index (χ0) is 27.5. The van der Waals surface area contributed by atoms with Crippen LogP contribution in [0.25, 0.3) is 16.8 Å². The van der Waals surface area contributed by atoms with Crippen molar-refractivity contribution in [3.8, 4) is 17.0 Å². The van der Waals surface area contributed by atoms with E-state index in [1.54, 1.807) is 21.5 Å². The summed E-state index contributed by atoms with van der Waals surface area (Å²) in [6, 6.07) is 8.49. The van der Waals surface area contributed by atoms with Gasteiger partial charge in [-0.3, -0.25) is 24.1 Å². The number of rotatable bonds is 7. The summed E-state index contributed by atoms with van der Waals surface area (Å²) in [5.41, 5.74) is 2.49. The summed E-state index contributed by atoms with van der Waals surface area (Å²) in [4.78, 5) is 32.0. The van der Waals surface area contributed by atoms with Crippen LogP contribution in [-0.2, 0) is 7.05 Å². The standard InChI is InChI=1S/C28H32FN7O3/c1-18-5-4-6-19(2)35(18)12-10-30-27(37)21-7-8-23(29)24(13-21)33-28(38)39-26-16-31-25-14-20(9-11-36(25)26)22-15-32-34(3)17-22/h7-9,11,13-19H,4-6,10,12H2,1-3H3,(H,30,37)(H,33,38)/t18-,19+. The van der Waals surface area contributed by atoms with Gasteiger partial charge < -0.3 is 10.1 Å². The molecule has 0 spiro atoms. The first-order valence-electron chi connectivity index (χ1n) is 13.1. The molecule has 2 amide bonds. The third-order valence-corrected chi connectivity index (χ3v) is 7.21. The maximum atomic E-state index is 14.5. The van der Waals surface area contributed by atoms with Gasteiger partial charge in [0, 0.05) is 55.7 Å². The maximum absolute atomic E-state index is 14.5. The maximum Gasteiger partial charge on any atom is 0.418 e. The van der Waals surface area contributed by atoms with E-state index < -0.39 is 11.9 Å². The molecule has 10 nitrogen and oxygen atoms in total. The van der Waals surface area contributed by atoms with Crippen LogP contribution in [0.2, 0.25) is 0 Å². The number of hydrogen-bond acceptors (Lipinski definition) is 6. The van der Waals surface area contributed by atoms with E-state index in [1.165, 1.54) is 24.8 Å². The number of pyridine rings is 1. The number of nitrogens with one attached hydrogen (secondary N) is 2. The Balaban J connectivity index is 1.20. The van der Waals surface area contributed by atoms with E-state index in [-0.39, 0.29) is 23.0 Å². The van der Waals surface area contributed by atoms with Crippen molar-refractivity contribution in [2.45, 2.75) is 45.2 Å². The van der Waals surface area contributed by atoms with Gasteiger partial charge in [-0.2, -0.15) is 5.10 Å². The van der Waals surface area contributed by atoms with Gasteiger partial charge in [-0.15, -0.1) is 0 Å². The van der Waals surface area contributed by atoms with E-state index >= 15 is 0 Å². The van der Waals surface area contributed by atoms with Gasteiger partial charge in [-0.1, -0.05) is 6.42 Å². The van der Waals surface area contributed by atoms with Gasteiger partial charge in [-0.25, -0.2) is 14.2 Å². The van der Waals surface area contributed by atoms with Crippen molar-refractivity contribution < 1.29 is 18.7 Å². The number of aromatic nitrogens is 4. The molecule has 4 heterocycles. The second-order valence-electron chi connectivity index (χ2n) is 9.97. The summed E-state index contributed by atoms with van der Waals surface area (Å²) in [5.74, 6) is -0.857. The predicted molar refractivity (Wildman–Crippen MR) is 145 cm³/mol. The lowest BCUT2D eigenvalue weighted by Crippen LogP contribution is -2.47. The molecule has 1 fully saturated rings. The smallest absolute Gasteiger partial charge is 0.391 e. The van der Waals surface area contributed by atoms with Crippen LogP contribution in [0.5, 0.6) is 5.88 Å². The number of fused-ring (bicyclic) bond motifs is 1. The highest BCUT2D eigenvalue weighted by atomic mass is 19.1. The van der Waals surface area contributed by atoms with Crippen molar-refractivity contribution in [3.63, 3.8) is 0 Å². The zero-order valence-electron chi connectivity index (χ0n) is 22.2. The van der Waals surface area contributed by atoms with Crippen molar-refractivity contribution >= 4 is 23.3 Å². The van der Waals surface area contributed by atoms with Crippen LogP contribution in [-0.4, -0.2) is 61.2 Å². The fraction of sp³-hybridized carbons (Fsp3) is 0.357. The molecule has 5 rings (SSSR count). The van der Waals surface area contributed by atoms with Crippen LogP contribution in [0, 0.1) is 5.82 Å². The quantitative estimate of drug-likeness (QED) is 0.363. The van der Waals surface area contributed by atoms with E-state index in [0.717, 1.165) is 36.6 Å². The number of benzene rings is 1. The average molecular weight is 534 g/mol. The first kappa shape index (κ1) is 26.4. The molecule has 3 aromatic heterocycles. The number of nitrogens with zero attached hydrogens (tertiary/aromatic N) is 5. The second-order valence-corrected chi connectivity index (χ2v) is 9.97. The van der Waals surface area contributed by atoms with Gasteiger partial charge in [0.1, 0.15) is 11.5 Å². The highest BCUT2D eigenvalue weighted by Crippen LogP contribution is 2.24.